The maximum Gasteiger partial charge on any atom is 0.264 e. The van der Waals surface area contributed by atoms with E-state index in [2.05, 4.69) is 6.92 Å². The fourth-order valence-corrected chi connectivity index (χ4v) is 2.53. The lowest BCUT2D eigenvalue weighted by Crippen LogP contribution is -2.43. The van der Waals surface area contributed by atoms with Crippen molar-refractivity contribution in [1.82, 2.24) is 4.90 Å². The van der Waals surface area contributed by atoms with Crippen molar-refractivity contribution in [3.8, 4) is 5.75 Å². The molecule has 4 nitrogen and oxygen atoms in total. The Morgan fingerprint density at radius 1 is 1.35 bits per heavy atom. The number of amides is 1. The zero-order valence-corrected chi connectivity index (χ0v) is 12.0. The van der Waals surface area contributed by atoms with Crippen molar-refractivity contribution in [3.05, 3.63) is 29.8 Å². The number of fused-ring (bicyclic) bond motifs is 1. The van der Waals surface area contributed by atoms with Gasteiger partial charge in [0.15, 0.2) is 6.10 Å². The first kappa shape index (κ1) is 14.9. The second kappa shape index (κ2) is 7.29. The Balaban J connectivity index is 1.95. The van der Waals surface area contributed by atoms with E-state index in [9.17, 15) is 4.79 Å². The van der Waals surface area contributed by atoms with Gasteiger partial charge in [0.25, 0.3) is 5.91 Å². The highest BCUT2D eigenvalue weighted by Crippen LogP contribution is 2.28. The summed E-state index contributed by atoms with van der Waals surface area (Å²) in [6, 6.07) is 7.77. The van der Waals surface area contributed by atoms with Crippen LogP contribution in [0.3, 0.4) is 0 Å². The molecular formula is C16H23NO3. The summed E-state index contributed by atoms with van der Waals surface area (Å²) >= 11 is 0. The molecule has 0 bridgehead atoms. The second-order valence-electron chi connectivity index (χ2n) is 5.17. The van der Waals surface area contributed by atoms with Crippen molar-refractivity contribution in [2.45, 2.75) is 38.7 Å². The van der Waals surface area contributed by atoms with E-state index < -0.39 is 6.10 Å². The highest BCUT2D eigenvalue weighted by atomic mass is 16.5. The number of ether oxygens (including phenoxy) is 1. The van der Waals surface area contributed by atoms with Crippen LogP contribution < -0.4 is 4.74 Å². The second-order valence-corrected chi connectivity index (χ2v) is 5.17. The predicted molar refractivity (Wildman–Crippen MR) is 77.8 cm³/mol. The molecule has 0 fully saturated rings. The quantitative estimate of drug-likeness (QED) is 0.776. The monoisotopic (exact) mass is 277 g/mol. The van der Waals surface area contributed by atoms with Crippen molar-refractivity contribution < 1.29 is 14.6 Å². The summed E-state index contributed by atoms with van der Waals surface area (Å²) in [5.41, 5.74) is 1.09. The number of unbranched alkanes of at least 4 members (excludes halogenated alkanes) is 2. The number of carbonyl (C=O) groups excluding carboxylic acids is 1. The summed E-state index contributed by atoms with van der Waals surface area (Å²) in [6.45, 7) is 3.22. The van der Waals surface area contributed by atoms with Crippen LogP contribution in [-0.4, -0.2) is 41.7 Å². The van der Waals surface area contributed by atoms with Crippen LogP contribution in [0.2, 0.25) is 0 Å². The Hall–Kier alpha value is -1.55. The molecule has 20 heavy (non-hydrogen) atoms. The van der Waals surface area contributed by atoms with Gasteiger partial charge in [-0.2, -0.15) is 0 Å². The van der Waals surface area contributed by atoms with Crippen molar-refractivity contribution in [3.63, 3.8) is 0 Å². The van der Waals surface area contributed by atoms with Gasteiger partial charge in [-0.3, -0.25) is 4.79 Å². The number of carbonyl (C=O) groups is 1. The van der Waals surface area contributed by atoms with Gasteiger partial charge in [0, 0.05) is 19.5 Å². The molecule has 1 N–H and O–H groups in total. The van der Waals surface area contributed by atoms with Gasteiger partial charge in [-0.15, -0.1) is 0 Å². The molecule has 2 rings (SSSR count). The van der Waals surface area contributed by atoms with Gasteiger partial charge in [-0.25, -0.2) is 0 Å². The van der Waals surface area contributed by atoms with Crippen LogP contribution >= 0.6 is 0 Å². The lowest BCUT2D eigenvalue weighted by atomic mass is 10.1. The van der Waals surface area contributed by atoms with Gasteiger partial charge in [0.2, 0.25) is 0 Å². The van der Waals surface area contributed by atoms with E-state index in [0.717, 1.165) is 30.6 Å². The molecule has 1 atom stereocenters. The zero-order valence-electron chi connectivity index (χ0n) is 12.0. The molecule has 0 spiro atoms. The highest BCUT2D eigenvalue weighted by Gasteiger charge is 2.31. The number of aliphatic hydroxyl groups is 1. The molecule has 1 unspecified atom stereocenters. The van der Waals surface area contributed by atoms with E-state index in [1.165, 1.54) is 0 Å². The third-order valence-corrected chi connectivity index (χ3v) is 3.64. The summed E-state index contributed by atoms with van der Waals surface area (Å²) in [6.07, 6.45) is 3.39. The fourth-order valence-electron chi connectivity index (χ4n) is 2.53. The average molecular weight is 277 g/mol. The first-order valence-electron chi connectivity index (χ1n) is 7.40. The number of nitrogens with zero attached hydrogens (tertiary/aromatic N) is 1. The fraction of sp³-hybridized carbons (Fsp3) is 0.562. The molecule has 1 heterocycles. The first-order chi connectivity index (χ1) is 9.76. The highest BCUT2D eigenvalue weighted by molar-refractivity contribution is 5.82. The van der Waals surface area contributed by atoms with Gasteiger partial charge < -0.3 is 14.7 Å². The van der Waals surface area contributed by atoms with Gasteiger partial charge in [-0.1, -0.05) is 38.0 Å². The van der Waals surface area contributed by atoms with Crippen LogP contribution in [0.15, 0.2) is 24.3 Å². The molecule has 1 aromatic rings. The van der Waals surface area contributed by atoms with E-state index >= 15 is 0 Å². The van der Waals surface area contributed by atoms with Gasteiger partial charge >= 0.3 is 0 Å². The molecule has 0 saturated carbocycles. The Morgan fingerprint density at radius 3 is 2.85 bits per heavy atom. The Bertz CT molecular complexity index is 422. The molecule has 1 amide bonds. The Kier molecular flexibility index (Phi) is 5.41. The Labute approximate surface area is 120 Å². The third-order valence-electron chi connectivity index (χ3n) is 3.64. The largest absolute Gasteiger partial charge is 0.480 e. The molecule has 1 aromatic carbocycles. The van der Waals surface area contributed by atoms with E-state index in [-0.39, 0.29) is 12.5 Å². The van der Waals surface area contributed by atoms with Crippen molar-refractivity contribution in [2.75, 3.05) is 19.7 Å². The van der Waals surface area contributed by atoms with Gasteiger partial charge in [0.1, 0.15) is 5.75 Å². The van der Waals surface area contributed by atoms with E-state index in [1.54, 1.807) is 4.90 Å². The molecule has 4 heteroatoms. The summed E-state index contributed by atoms with van der Waals surface area (Å²) in [5, 5.41) is 9.12. The minimum Gasteiger partial charge on any atom is -0.480 e. The standard InChI is InChI=1S/C16H23NO3/c1-2-3-6-9-17(10-11-18)16(19)15-12-13-7-4-5-8-14(13)20-15/h4-5,7-8,15,18H,2-3,6,9-12H2,1H3. The van der Waals surface area contributed by atoms with Crippen LogP contribution in [-0.2, 0) is 11.2 Å². The number of rotatable bonds is 7. The van der Waals surface area contributed by atoms with Crippen molar-refractivity contribution in [2.24, 2.45) is 0 Å². The van der Waals surface area contributed by atoms with E-state index in [0.29, 0.717) is 19.5 Å². The van der Waals surface area contributed by atoms with Gasteiger partial charge in [-0.05, 0) is 18.1 Å². The third kappa shape index (κ3) is 3.51. The van der Waals surface area contributed by atoms with Crippen LogP contribution in [0, 0.1) is 0 Å². The smallest absolute Gasteiger partial charge is 0.264 e. The van der Waals surface area contributed by atoms with Crippen LogP contribution in [0.4, 0.5) is 0 Å². The SMILES string of the molecule is CCCCCN(CCO)C(=O)C1Cc2ccccc2O1. The normalized spacial score (nSPS) is 16.6. The summed E-state index contributed by atoms with van der Waals surface area (Å²) in [7, 11) is 0. The molecule has 0 aromatic heterocycles. The summed E-state index contributed by atoms with van der Waals surface area (Å²) < 4.78 is 5.73. The molecule has 1 aliphatic rings. The first-order valence-corrected chi connectivity index (χ1v) is 7.40. The number of benzene rings is 1. The number of aliphatic hydroxyl groups excluding tert-OH is 1. The predicted octanol–water partition coefficient (Wildman–Crippen LogP) is 2.00. The molecule has 0 radical (unpaired) electrons. The van der Waals surface area contributed by atoms with Crippen LogP contribution in [0.25, 0.3) is 0 Å². The topological polar surface area (TPSA) is 49.8 Å². The minimum atomic E-state index is -0.430. The van der Waals surface area contributed by atoms with E-state index in [4.69, 9.17) is 9.84 Å². The maximum atomic E-state index is 12.5. The maximum absolute atomic E-state index is 12.5. The number of para-hydroxylation sites is 1. The lowest BCUT2D eigenvalue weighted by molar-refractivity contribution is -0.138. The van der Waals surface area contributed by atoms with Crippen molar-refractivity contribution in [1.29, 1.82) is 0 Å². The van der Waals surface area contributed by atoms with E-state index in [1.807, 2.05) is 24.3 Å². The van der Waals surface area contributed by atoms with Crippen molar-refractivity contribution >= 4 is 5.91 Å². The minimum absolute atomic E-state index is 0.00245. The lowest BCUT2D eigenvalue weighted by Gasteiger charge is -2.24. The molecule has 0 aliphatic carbocycles. The average Bonchev–Trinajstić information content (AvgIpc) is 2.89. The molecule has 1 aliphatic heterocycles. The Morgan fingerprint density at radius 2 is 2.15 bits per heavy atom. The molecule has 0 saturated heterocycles. The van der Waals surface area contributed by atoms with Gasteiger partial charge in [0.05, 0.1) is 6.61 Å². The zero-order chi connectivity index (χ0) is 14.4. The number of hydrogen-bond acceptors (Lipinski definition) is 3. The van der Waals surface area contributed by atoms with Crippen LogP contribution in [0.5, 0.6) is 5.75 Å². The molecular weight excluding hydrogens is 254 g/mol. The summed E-state index contributed by atoms with van der Waals surface area (Å²) in [4.78, 5) is 14.2. The summed E-state index contributed by atoms with van der Waals surface area (Å²) in [5.74, 6) is 0.801. The number of hydrogen-bond donors (Lipinski definition) is 1. The van der Waals surface area contributed by atoms with Crippen LogP contribution in [0.1, 0.15) is 31.7 Å². The molecule has 110 valence electrons.